The first kappa shape index (κ1) is 25.7. The predicted molar refractivity (Wildman–Crippen MR) is 137 cm³/mol. The second-order valence-electron chi connectivity index (χ2n) is 7.32. The molecule has 0 bridgehead atoms. The molecular weight excluding hydrogens is 551 g/mol. The highest BCUT2D eigenvalue weighted by Gasteiger charge is 2.28. The Hall–Kier alpha value is -3.41. The third-order valence-corrected chi connectivity index (χ3v) is 6.70. The van der Waals surface area contributed by atoms with Crippen LogP contribution in [-0.2, 0) is 10.0 Å². The summed E-state index contributed by atoms with van der Waals surface area (Å²) in [5.41, 5.74) is 0.516. The molecule has 3 aromatic carbocycles. The third-order valence-electron chi connectivity index (χ3n) is 4.89. The number of rotatable bonds is 6. The largest absolute Gasteiger partial charge is 0.337 e. The van der Waals surface area contributed by atoms with Crippen molar-refractivity contribution in [2.75, 3.05) is 10.6 Å². The van der Waals surface area contributed by atoms with Crippen molar-refractivity contribution in [3.05, 3.63) is 92.9 Å². The van der Waals surface area contributed by atoms with Gasteiger partial charge in [-0.05, 0) is 60.7 Å². The van der Waals surface area contributed by atoms with Gasteiger partial charge in [0.2, 0.25) is 15.9 Å². The Morgan fingerprint density at radius 2 is 1.44 bits per heavy atom. The van der Waals surface area contributed by atoms with E-state index in [2.05, 4.69) is 15.8 Å². The van der Waals surface area contributed by atoms with Crippen LogP contribution in [0.15, 0.2) is 76.1 Å². The fourth-order valence-electron chi connectivity index (χ4n) is 3.18. The summed E-state index contributed by atoms with van der Waals surface area (Å²) in [6.07, 6.45) is 0. The number of halogens is 3. The van der Waals surface area contributed by atoms with Gasteiger partial charge in [0.25, 0.3) is 11.8 Å². The number of hydrogen-bond acceptors (Lipinski definition) is 6. The van der Waals surface area contributed by atoms with E-state index in [4.69, 9.17) is 44.5 Å². The van der Waals surface area contributed by atoms with Crippen LogP contribution in [0, 0.1) is 0 Å². The molecule has 0 atom stereocenters. The van der Waals surface area contributed by atoms with Gasteiger partial charge < -0.3 is 9.84 Å². The minimum atomic E-state index is -3.92. The molecular formula is C23H15Cl3N4O5S. The second-order valence-corrected chi connectivity index (χ2v) is 10.1. The number of amides is 2. The van der Waals surface area contributed by atoms with E-state index in [-0.39, 0.29) is 48.9 Å². The Kier molecular flexibility index (Phi) is 7.34. The van der Waals surface area contributed by atoms with Gasteiger partial charge in [-0.25, -0.2) is 13.6 Å². The van der Waals surface area contributed by atoms with E-state index in [0.29, 0.717) is 5.02 Å². The van der Waals surface area contributed by atoms with Crippen LogP contribution in [-0.4, -0.2) is 25.4 Å². The number of nitrogens with one attached hydrogen (secondary N) is 2. The number of aromatic nitrogens is 1. The number of nitrogens with zero attached hydrogens (tertiary/aromatic N) is 1. The summed E-state index contributed by atoms with van der Waals surface area (Å²) < 4.78 is 28.3. The Labute approximate surface area is 220 Å². The Balaban J connectivity index is 1.74. The zero-order valence-corrected chi connectivity index (χ0v) is 21.0. The van der Waals surface area contributed by atoms with Gasteiger partial charge in [-0.1, -0.05) is 46.0 Å². The maximum Gasteiger partial charge on any atom is 0.263 e. The van der Waals surface area contributed by atoms with Crippen molar-refractivity contribution in [3.8, 4) is 11.3 Å². The first-order chi connectivity index (χ1) is 17.0. The number of hydrogen-bond donors (Lipinski definition) is 3. The molecule has 0 aliphatic rings. The van der Waals surface area contributed by atoms with Crippen molar-refractivity contribution in [2.45, 2.75) is 4.90 Å². The number of benzene rings is 3. The van der Waals surface area contributed by atoms with Crippen LogP contribution < -0.4 is 15.8 Å². The normalized spacial score (nSPS) is 11.2. The molecule has 0 spiro atoms. The molecule has 9 nitrogen and oxygen atoms in total. The van der Waals surface area contributed by atoms with Crippen LogP contribution in [0.4, 0.5) is 11.6 Å². The van der Waals surface area contributed by atoms with Gasteiger partial charge in [0.1, 0.15) is 11.3 Å². The zero-order chi connectivity index (χ0) is 26.0. The second kappa shape index (κ2) is 10.3. The van der Waals surface area contributed by atoms with Crippen molar-refractivity contribution in [2.24, 2.45) is 5.14 Å². The van der Waals surface area contributed by atoms with Crippen LogP contribution in [0.25, 0.3) is 11.3 Å². The molecule has 0 aliphatic carbocycles. The van der Waals surface area contributed by atoms with E-state index < -0.39 is 21.8 Å². The summed E-state index contributed by atoms with van der Waals surface area (Å²) in [7, 11) is -3.92. The molecule has 1 heterocycles. The average Bonchev–Trinajstić information content (AvgIpc) is 3.22. The van der Waals surface area contributed by atoms with E-state index in [9.17, 15) is 18.0 Å². The lowest BCUT2D eigenvalue weighted by molar-refractivity contribution is 0.102. The topological polar surface area (TPSA) is 144 Å². The fourth-order valence-corrected chi connectivity index (χ4v) is 4.40. The molecule has 0 radical (unpaired) electrons. The Morgan fingerprint density at radius 1 is 0.833 bits per heavy atom. The van der Waals surface area contributed by atoms with Gasteiger partial charge in [-0.3, -0.25) is 14.9 Å². The van der Waals surface area contributed by atoms with Gasteiger partial charge >= 0.3 is 0 Å². The van der Waals surface area contributed by atoms with Crippen LogP contribution >= 0.6 is 34.8 Å². The lowest BCUT2D eigenvalue weighted by Crippen LogP contribution is -2.18. The molecule has 0 aliphatic heterocycles. The van der Waals surface area contributed by atoms with Crippen LogP contribution in [0.3, 0.4) is 0 Å². The summed E-state index contributed by atoms with van der Waals surface area (Å²) in [6, 6.07) is 15.9. The van der Waals surface area contributed by atoms with Crippen LogP contribution in [0.1, 0.15) is 20.7 Å². The minimum Gasteiger partial charge on any atom is -0.337 e. The Morgan fingerprint density at radius 3 is 2.03 bits per heavy atom. The summed E-state index contributed by atoms with van der Waals surface area (Å²) in [5, 5.41) is 15.0. The number of carbonyl (C=O) groups excluding carboxylic acids is 2. The van der Waals surface area contributed by atoms with Crippen molar-refractivity contribution >= 4 is 68.2 Å². The number of sulfonamides is 1. The molecule has 2 amide bonds. The van der Waals surface area contributed by atoms with Gasteiger partial charge in [-0.2, -0.15) is 0 Å². The van der Waals surface area contributed by atoms with E-state index in [1.54, 1.807) is 18.2 Å². The van der Waals surface area contributed by atoms with Gasteiger partial charge in [0.05, 0.1) is 14.9 Å². The lowest BCUT2D eigenvalue weighted by Gasteiger charge is -2.10. The highest BCUT2D eigenvalue weighted by molar-refractivity contribution is 7.89. The van der Waals surface area contributed by atoms with Gasteiger partial charge in [-0.15, -0.1) is 0 Å². The number of anilines is 2. The molecule has 13 heteroatoms. The Bertz CT molecular complexity index is 1550. The highest BCUT2D eigenvalue weighted by Crippen LogP contribution is 2.38. The van der Waals surface area contributed by atoms with Gasteiger partial charge in [0, 0.05) is 21.8 Å². The van der Waals surface area contributed by atoms with E-state index in [1.165, 1.54) is 48.5 Å². The lowest BCUT2D eigenvalue weighted by atomic mass is 10.1. The molecule has 0 saturated carbocycles. The molecule has 0 unspecified atom stereocenters. The maximum absolute atomic E-state index is 13.3. The average molecular weight is 566 g/mol. The number of carbonyl (C=O) groups is 2. The van der Waals surface area contributed by atoms with E-state index >= 15 is 0 Å². The first-order valence-electron chi connectivity index (χ1n) is 10.00. The van der Waals surface area contributed by atoms with E-state index in [0.717, 1.165) is 0 Å². The summed E-state index contributed by atoms with van der Waals surface area (Å²) in [6.45, 7) is 0. The van der Waals surface area contributed by atoms with Gasteiger partial charge in [0.15, 0.2) is 0 Å². The van der Waals surface area contributed by atoms with Crippen molar-refractivity contribution < 1.29 is 22.5 Å². The molecule has 4 aromatic rings. The molecule has 4 N–H and O–H groups in total. The predicted octanol–water partition coefficient (Wildman–Crippen LogP) is 5.45. The molecule has 184 valence electrons. The first-order valence-corrected chi connectivity index (χ1v) is 12.7. The summed E-state index contributed by atoms with van der Waals surface area (Å²) in [4.78, 5) is 26.0. The smallest absolute Gasteiger partial charge is 0.263 e. The fraction of sp³-hybridized carbons (Fsp3) is 0. The maximum atomic E-state index is 13.3. The zero-order valence-electron chi connectivity index (χ0n) is 18.0. The third kappa shape index (κ3) is 5.53. The standard InChI is InChI=1S/C23H15Cl3N4O5S/c24-13-6-4-12(5-7-13)21(31)29-23-19(20(30-35-23)18-16(25)2-1-3-17(18)26)22(32)28-14-8-10-15(11-9-14)36(27,33)34/h1-11H,(H,28,32)(H,29,31)(H2,27,33,34). The summed E-state index contributed by atoms with van der Waals surface area (Å²) >= 11 is 18.5. The number of nitrogens with two attached hydrogens (primary N) is 1. The van der Waals surface area contributed by atoms with Crippen molar-refractivity contribution in [3.63, 3.8) is 0 Å². The molecule has 4 rings (SSSR count). The van der Waals surface area contributed by atoms with Crippen LogP contribution in [0.5, 0.6) is 0 Å². The van der Waals surface area contributed by atoms with Crippen molar-refractivity contribution in [1.82, 2.24) is 5.16 Å². The van der Waals surface area contributed by atoms with E-state index in [1.807, 2.05) is 0 Å². The molecule has 36 heavy (non-hydrogen) atoms. The monoisotopic (exact) mass is 564 g/mol. The highest BCUT2D eigenvalue weighted by atomic mass is 35.5. The molecule has 1 aromatic heterocycles. The van der Waals surface area contributed by atoms with Crippen LogP contribution in [0.2, 0.25) is 15.1 Å². The van der Waals surface area contributed by atoms with Crippen molar-refractivity contribution in [1.29, 1.82) is 0 Å². The summed E-state index contributed by atoms with van der Waals surface area (Å²) in [5.74, 6) is -1.59. The minimum absolute atomic E-state index is 0.0179. The SMILES string of the molecule is NS(=O)(=O)c1ccc(NC(=O)c2c(-c3c(Cl)cccc3Cl)noc2NC(=O)c2ccc(Cl)cc2)cc1. The quantitative estimate of drug-likeness (QED) is 0.283. The number of primary sulfonamides is 1. The molecule has 0 fully saturated rings. The molecule has 0 saturated heterocycles.